The van der Waals surface area contributed by atoms with Crippen LogP contribution in [-0.2, 0) is 11.2 Å². The summed E-state index contributed by atoms with van der Waals surface area (Å²) in [6, 6.07) is 9.63. The molecule has 1 aliphatic rings. The maximum atomic E-state index is 12.9. The maximum Gasteiger partial charge on any atom is 0.260 e. The van der Waals surface area contributed by atoms with Crippen molar-refractivity contribution in [3.8, 4) is 17.1 Å². The fourth-order valence-corrected chi connectivity index (χ4v) is 4.17. The first kappa shape index (κ1) is 21.0. The fraction of sp³-hybridized carbons (Fsp3) is 0.333. The van der Waals surface area contributed by atoms with E-state index in [1.807, 2.05) is 49.1 Å². The summed E-state index contributed by atoms with van der Waals surface area (Å²) in [7, 11) is 0. The van der Waals surface area contributed by atoms with Gasteiger partial charge in [-0.15, -0.1) is 0 Å². The monoisotopic (exact) mass is 444 g/mol. The number of para-hydroxylation sites is 1. The number of fused-ring (bicyclic) bond motifs is 1. The molecule has 0 aliphatic carbocycles. The highest BCUT2D eigenvalue weighted by Gasteiger charge is 2.31. The highest BCUT2D eigenvalue weighted by Crippen LogP contribution is 2.32. The van der Waals surface area contributed by atoms with E-state index < -0.39 is 0 Å². The summed E-state index contributed by atoms with van der Waals surface area (Å²) < 4.78 is 11.2. The molecule has 1 aliphatic heterocycles. The molecule has 4 aromatic rings. The highest BCUT2D eigenvalue weighted by molar-refractivity contribution is 5.86. The molecule has 3 aromatic heterocycles. The van der Waals surface area contributed by atoms with Crippen LogP contribution in [0.1, 0.15) is 36.5 Å². The molecule has 1 aromatic carbocycles. The van der Waals surface area contributed by atoms with Crippen molar-refractivity contribution >= 4 is 16.8 Å². The van der Waals surface area contributed by atoms with E-state index in [9.17, 15) is 4.79 Å². The number of aryl methyl sites for hydroxylation is 2. The van der Waals surface area contributed by atoms with Gasteiger partial charge < -0.3 is 14.2 Å². The predicted molar refractivity (Wildman–Crippen MR) is 121 cm³/mol. The minimum absolute atomic E-state index is 0.0263. The van der Waals surface area contributed by atoms with Crippen LogP contribution < -0.4 is 4.74 Å². The quantitative estimate of drug-likeness (QED) is 0.446. The Hall–Kier alpha value is -3.88. The van der Waals surface area contributed by atoms with Crippen LogP contribution in [-0.4, -0.2) is 55.6 Å². The van der Waals surface area contributed by atoms with Gasteiger partial charge in [-0.05, 0) is 25.5 Å². The van der Waals surface area contributed by atoms with Gasteiger partial charge in [0.2, 0.25) is 11.7 Å². The van der Waals surface area contributed by atoms with E-state index in [0.717, 1.165) is 34.3 Å². The number of aromatic nitrogens is 5. The molecular weight excluding hydrogens is 420 g/mol. The van der Waals surface area contributed by atoms with Crippen LogP contribution in [0.4, 0.5) is 0 Å². The normalized spacial score (nSPS) is 15.8. The second-order valence-corrected chi connectivity index (χ2v) is 8.08. The van der Waals surface area contributed by atoms with Crippen LogP contribution in [0, 0.1) is 6.92 Å². The largest absolute Gasteiger partial charge is 0.483 e. The molecule has 33 heavy (non-hydrogen) atoms. The topological polar surface area (TPSA) is 107 Å². The highest BCUT2D eigenvalue weighted by atomic mass is 16.5. The van der Waals surface area contributed by atoms with Crippen LogP contribution in [0.3, 0.4) is 0 Å². The second-order valence-electron chi connectivity index (χ2n) is 8.08. The van der Waals surface area contributed by atoms with Gasteiger partial charge in [-0.25, -0.2) is 9.97 Å². The van der Waals surface area contributed by atoms with E-state index in [1.165, 1.54) is 6.33 Å². The number of hydrogen-bond acceptors (Lipinski definition) is 8. The van der Waals surface area contributed by atoms with Gasteiger partial charge >= 0.3 is 0 Å². The van der Waals surface area contributed by atoms with Gasteiger partial charge in [0, 0.05) is 48.8 Å². The van der Waals surface area contributed by atoms with Crippen LogP contribution in [0.15, 0.2) is 47.4 Å². The molecule has 0 saturated carbocycles. The second kappa shape index (κ2) is 8.93. The maximum absolute atomic E-state index is 12.9. The Balaban J connectivity index is 1.28. The molecule has 0 spiro atoms. The van der Waals surface area contributed by atoms with Crippen molar-refractivity contribution in [3.63, 3.8) is 0 Å². The number of carbonyl (C=O) groups excluding carboxylic acids is 1. The SMILES string of the molecule is CCc1nc(-c2cncnc2C2CCN(C(=O)COc3cc(C)nc4ccccc34)C2)no1. The molecule has 0 N–H and O–H groups in total. The Labute approximate surface area is 190 Å². The van der Waals surface area contributed by atoms with Crippen LogP contribution in [0.2, 0.25) is 0 Å². The molecule has 1 amide bonds. The molecule has 1 unspecified atom stereocenters. The lowest BCUT2D eigenvalue weighted by molar-refractivity contribution is -0.132. The number of carbonyl (C=O) groups is 1. The van der Waals surface area contributed by atoms with Gasteiger partial charge in [0.25, 0.3) is 5.91 Å². The van der Waals surface area contributed by atoms with Crippen molar-refractivity contribution in [2.75, 3.05) is 19.7 Å². The number of amides is 1. The molecule has 0 radical (unpaired) electrons. The summed E-state index contributed by atoms with van der Waals surface area (Å²) in [5.41, 5.74) is 3.28. The lowest BCUT2D eigenvalue weighted by atomic mass is 10.00. The van der Waals surface area contributed by atoms with Gasteiger partial charge in [0.1, 0.15) is 12.1 Å². The van der Waals surface area contributed by atoms with Crippen LogP contribution in [0.25, 0.3) is 22.3 Å². The molecule has 168 valence electrons. The van der Waals surface area contributed by atoms with Gasteiger partial charge in [-0.1, -0.05) is 24.2 Å². The summed E-state index contributed by atoms with van der Waals surface area (Å²) in [6.07, 6.45) is 4.68. The predicted octanol–water partition coefficient (Wildman–Crippen LogP) is 3.34. The third-order valence-electron chi connectivity index (χ3n) is 5.84. The van der Waals surface area contributed by atoms with Crippen LogP contribution in [0.5, 0.6) is 5.75 Å². The zero-order valence-corrected chi connectivity index (χ0v) is 18.6. The molecule has 1 atom stereocenters. The fourth-order valence-electron chi connectivity index (χ4n) is 4.17. The Bertz CT molecular complexity index is 1300. The minimum Gasteiger partial charge on any atom is -0.483 e. The number of nitrogens with zero attached hydrogens (tertiary/aromatic N) is 6. The molecule has 5 rings (SSSR count). The molecule has 1 fully saturated rings. The van der Waals surface area contributed by atoms with E-state index in [1.54, 1.807) is 6.20 Å². The molecule has 1 saturated heterocycles. The lowest BCUT2D eigenvalue weighted by Gasteiger charge is -2.18. The number of pyridine rings is 1. The summed E-state index contributed by atoms with van der Waals surface area (Å²) in [5, 5.41) is 4.96. The average molecular weight is 444 g/mol. The van der Waals surface area contributed by atoms with E-state index in [2.05, 4.69) is 25.1 Å². The molecule has 0 bridgehead atoms. The first-order valence-corrected chi connectivity index (χ1v) is 11.0. The van der Waals surface area contributed by atoms with E-state index >= 15 is 0 Å². The van der Waals surface area contributed by atoms with E-state index in [4.69, 9.17) is 9.26 Å². The number of ether oxygens (including phenoxy) is 1. The van der Waals surface area contributed by atoms with E-state index in [-0.39, 0.29) is 18.4 Å². The number of rotatable bonds is 6. The van der Waals surface area contributed by atoms with Crippen molar-refractivity contribution in [2.45, 2.75) is 32.6 Å². The summed E-state index contributed by atoms with van der Waals surface area (Å²) in [4.78, 5) is 32.3. The van der Waals surface area contributed by atoms with Crippen molar-refractivity contribution < 1.29 is 14.1 Å². The van der Waals surface area contributed by atoms with Gasteiger partial charge in [0.15, 0.2) is 6.61 Å². The van der Waals surface area contributed by atoms with Crippen molar-refractivity contribution in [1.29, 1.82) is 0 Å². The Morgan fingerprint density at radius 1 is 1.27 bits per heavy atom. The molecule has 4 heterocycles. The first-order valence-electron chi connectivity index (χ1n) is 11.0. The summed E-state index contributed by atoms with van der Waals surface area (Å²) in [6.45, 7) is 5.04. The Morgan fingerprint density at radius 2 is 2.15 bits per heavy atom. The molecule has 9 heteroatoms. The smallest absolute Gasteiger partial charge is 0.260 e. The number of likely N-dealkylation sites (tertiary alicyclic amines) is 1. The standard InChI is InChI=1S/C24H24N6O3/c1-3-21-28-24(29-33-21)18-11-25-14-26-23(18)16-8-9-30(12-16)22(31)13-32-20-10-15(2)27-19-7-5-4-6-17(19)20/h4-7,10-11,14,16H,3,8-9,12-13H2,1-2H3. The van der Waals surface area contributed by atoms with Gasteiger partial charge in [0.05, 0.1) is 16.8 Å². The van der Waals surface area contributed by atoms with Crippen LogP contribution >= 0.6 is 0 Å². The lowest BCUT2D eigenvalue weighted by Crippen LogP contribution is -2.33. The van der Waals surface area contributed by atoms with E-state index in [0.29, 0.717) is 37.0 Å². The van der Waals surface area contributed by atoms with Crippen molar-refractivity contribution in [3.05, 3.63) is 60.1 Å². The first-order chi connectivity index (χ1) is 16.1. The molecule has 9 nitrogen and oxygen atoms in total. The third-order valence-corrected chi connectivity index (χ3v) is 5.84. The Kier molecular flexibility index (Phi) is 5.68. The van der Waals surface area contributed by atoms with Crippen molar-refractivity contribution in [2.24, 2.45) is 0 Å². The number of hydrogen-bond donors (Lipinski definition) is 0. The summed E-state index contributed by atoms with van der Waals surface area (Å²) in [5.74, 6) is 1.73. The zero-order valence-electron chi connectivity index (χ0n) is 18.6. The molecular formula is C24H24N6O3. The Morgan fingerprint density at radius 3 is 3.00 bits per heavy atom. The zero-order chi connectivity index (χ0) is 22.8. The third kappa shape index (κ3) is 4.26. The minimum atomic E-state index is -0.0560. The number of benzene rings is 1. The van der Waals surface area contributed by atoms with Gasteiger partial charge in [-0.2, -0.15) is 4.98 Å². The summed E-state index contributed by atoms with van der Waals surface area (Å²) >= 11 is 0. The van der Waals surface area contributed by atoms with Gasteiger partial charge in [-0.3, -0.25) is 9.78 Å². The average Bonchev–Trinajstić information content (AvgIpc) is 3.52. The van der Waals surface area contributed by atoms with Crippen molar-refractivity contribution in [1.82, 2.24) is 30.0 Å².